The molecule has 3 nitrogen and oxygen atoms in total. The maximum atomic E-state index is 12.6. The van der Waals surface area contributed by atoms with E-state index < -0.39 is 11.7 Å². The van der Waals surface area contributed by atoms with Crippen molar-refractivity contribution in [3.8, 4) is 11.8 Å². The Bertz CT molecular complexity index is 648. The van der Waals surface area contributed by atoms with Crippen LogP contribution in [0, 0.1) is 11.3 Å². The Morgan fingerprint density at radius 1 is 1.21 bits per heavy atom. The fourth-order valence-electron chi connectivity index (χ4n) is 1.46. The first-order valence-corrected chi connectivity index (χ1v) is 6.44. The van der Waals surface area contributed by atoms with Gasteiger partial charge < -0.3 is 0 Å². The zero-order valence-corrected chi connectivity index (χ0v) is 12.2. The molecule has 1 heterocycles. The van der Waals surface area contributed by atoms with Crippen LogP contribution in [0.2, 0.25) is 0 Å². The monoisotopic (exact) mass is 393 g/mol. The van der Waals surface area contributed by atoms with E-state index in [1.54, 1.807) is 0 Å². The molecule has 1 aromatic heterocycles. The number of halogens is 5. The van der Waals surface area contributed by atoms with Gasteiger partial charge in [0, 0.05) is 15.1 Å². The standard InChI is InChI=1S/C11H4Br2F3N3/c12-8-3-6(11(14,15)16)4-9(13)10(8)19-2-1-7(5-17)18-19/h1-4H. The molecule has 98 valence electrons. The molecule has 0 unspecified atom stereocenters. The molecule has 0 bridgehead atoms. The SMILES string of the molecule is N#Cc1ccn(-c2c(Br)cc(C(F)(F)F)cc2Br)n1. The van der Waals surface area contributed by atoms with Crippen LogP contribution in [0.1, 0.15) is 11.3 Å². The van der Waals surface area contributed by atoms with Gasteiger partial charge in [0.05, 0.1) is 11.3 Å². The van der Waals surface area contributed by atoms with Gasteiger partial charge >= 0.3 is 6.18 Å². The van der Waals surface area contributed by atoms with Gasteiger partial charge in [-0.2, -0.15) is 23.5 Å². The van der Waals surface area contributed by atoms with Crippen LogP contribution < -0.4 is 0 Å². The van der Waals surface area contributed by atoms with Gasteiger partial charge in [0.15, 0.2) is 5.69 Å². The minimum atomic E-state index is -4.43. The van der Waals surface area contributed by atoms with Crippen LogP contribution in [0.4, 0.5) is 13.2 Å². The van der Waals surface area contributed by atoms with Crippen molar-refractivity contribution >= 4 is 31.9 Å². The van der Waals surface area contributed by atoms with Crippen molar-refractivity contribution in [3.63, 3.8) is 0 Å². The summed E-state index contributed by atoms with van der Waals surface area (Å²) in [5.74, 6) is 0. The first kappa shape index (κ1) is 14.1. The Hall–Kier alpha value is -1.33. The third-order valence-electron chi connectivity index (χ3n) is 2.28. The fraction of sp³-hybridized carbons (Fsp3) is 0.0909. The Labute approximate surface area is 122 Å². The molecule has 0 aliphatic carbocycles. The molecule has 0 radical (unpaired) electrons. The van der Waals surface area contributed by atoms with Gasteiger partial charge in [-0.15, -0.1) is 0 Å². The second-order valence-corrected chi connectivity index (χ2v) is 5.25. The summed E-state index contributed by atoms with van der Waals surface area (Å²) in [6.07, 6.45) is -2.93. The van der Waals surface area contributed by atoms with Gasteiger partial charge in [0.2, 0.25) is 0 Å². The summed E-state index contributed by atoms with van der Waals surface area (Å²) in [5.41, 5.74) is -0.198. The lowest BCUT2D eigenvalue weighted by atomic mass is 10.2. The van der Waals surface area contributed by atoms with Gasteiger partial charge in [-0.05, 0) is 50.1 Å². The van der Waals surface area contributed by atoms with E-state index in [4.69, 9.17) is 5.26 Å². The number of rotatable bonds is 1. The molecule has 0 aliphatic heterocycles. The molecular formula is C11H4Br2F3N3. The van der Waals surface area contributed by atoms with Crippen LogP contribution in [0.5, 0.6) is 0 Å². The first-order valence-electron chi connectivity index (χ1n) is 4.85. The summed E-state index contributed by atoms with van der Waals surface area (Å²) < 4.78 is 39.7. The molecule has 0 saturated heterocycles. The topological polar surface area (TPSA) is 41.6 Å². The lowest BCUT2D eigenvalue weighted by molar-refractivity contribution is -0.137. The quantitative estimate of drug-likeness (QED) is 0.724. The Balaban J connectivity index is 2.57. The predicted octanol–water partition coefficient (Wildman–Crippen LogP) is 4.29. The van der Waals surface area contributed by atoms with Gasteiger partial charge in [0.1, 0.15) is 6.07 Å². The largest absolute Gasteiger partial charge is 0.416 e. The molecule has 1 aromatic carbocycles. The Kier molecular flexibility index (Phi) is 3.69. The predicted molar refractivity (Wildman–Crippen MR) is 68.7 cm³/mol. The van der Waals surface area contributed by atoms with Gasteiger partial charge in [-0.1, -0.05) is 0 Å². The zero-order chi connectivity index (χ0) is 14.2. The van der Waals surface area contributed by atoms with Crippen LogP contribution in [0.25, 0.3) is 5.69 Å². The fourth-order valence-corrected chi connectivity index (χ4v) is 3.01. The normalized spacial score (nSPS) is 11.4. The van der Waals surface area contributed by atoms with E-state index in [-0.39, 0.29) is 14.6 Å². The van der Waals surface area contributed by atoms with Crippen LogP contribution in [0.3, 0.4) is 0 Å². The molecule has 0 saturated carbocycles. The molecule has 2 rings (SSSR count). The van der Waals surface area contributed by atoms with Gasteiger partial charge in [0.25, 0.3) is 0 Å². The van der Waals surface area contributed by atoms with Crippen molar-refractivity contribution in [2.24, 2.45) is 0 Å². The third kappa shape index (κ3) is 2.82. The molecule has 0 fully saturated rings. The Morgan fingerprint density at radius 3 is 2.21 bits per heavy atom. The molecule has 19 heavy (non-hydrogen) atoms. The van der Waals surface area contributed by atoms with Gasteiger partial charge in [-0.25, -0.2) is 4.68 Å². The molecule has 0 aliphatic rings. The molecule has 2 aromatic rings. The highest BCUT2D eigenvalue weighted by Crippen LogP contribution is 2.37. The van der Waals surface area contributed by atoms with E-state index in [1.165, 1.54) is 16.9 Å². The second kappa shape index (κ2) is 4.98. The van der Waals surface area contributed by atoms with E-state index in [9.17, 15) is 13.2 Å². The number of aromatic nitrogens is 2. The molecule has 0 amide bonds. The van der Waals surface area contributed by atoms with E-state index in [0.717, 1.165) is 12.1 Å². The minimum Gasteiger partial charge on any atom is -0.237 e. The number of nitrogens with zero attached hydrogens (tertiary/aromatic N) is 3. The van der Waals surface area contributed by atoms with E-state index in [2.05, 4.69) is 37.0 Å². The van der Waals surface area contributed by atoms with Crippen LogP contribution in [-0.4, -0.2) is 9.78 Å². The average Bonchev–Trinajstić information content (AvgIpc) is 2.75. The number of alkyl halides is 3. The van der Waals surface area contributed by atoms with Crippen LogP contribution >= 0.6 is 31.9 Å². The highest BCUT2D eigenvalue weighted by Gasteiger charge is 2.32. The van der Waals surface area contributed by atoms with E-state index in [1.807, 2.05) is 6.07 Å². The second-order valence-electron chi connectivity index (χ2n) is 3.54. The van der Waals surface area contributed by atoms with Gasteiger partial charge in [-0.3, -0.25) is 0 Å². The molecule has 8 heteroatoms. The number of hydrogen-bond acceptors (Lipinski definition) is 2. The van der Waals surface area contributed by atoms with Crippen LogP contribution in [-0.2, 0) is 6.18 Å². The maximum Gasteiger partial charge on any atom is 0.416 e. The summed E-state index contributed by atoms with van der Waals surface area (Å²) in [4.78, 5) is 0. The lowest BCUT2D eigenvalue weighted by Gasteiger charge is -2.12. The van der Waals surface area contributed by atoms with Crippen molar-refractivity contribution < 1.29 is 13.2 Å². The Morgan fingerprint density at radius 2 is 1.79 bits per heavy atom. The molecule has 0 atom stereocenters. The highest BCUT2D eigenvalue weighted by atomic mass is 79.9. The summed E-state index contributed by atoms with van der Waals surface area (Å²) in [7, 11) is 0. The lowest BCUT2D eigenvalue weighted by Crippen LogP contribution is -2.07. The van der Waals surface area contributed by atoms with Crippen molar-refractivity contribution in [2.45, 2.75) is 6.18 Å². The number of hydrogen-bond donors (Lipinski definition) is 0. The third-order valence-corrected chi connectivity index (χ3v) is 3.49. The summed E-state index contributed by atoms with van der Waals surface area (Å²) in [5, 5.41) is 12.6. The average molecular weight is 395 g/mol. The summed E-state index contributed by atoms with van der Waals surface area (Å²) >= 11 is 6.17. The van der Waals surface area contributed by atoms with E-state index in [0.29, 0.717) is 5.69 Å². The zero-order valence-electron chi connectivity index (χ0n) is 9.04. The highest BCUT2D eigenvalue weighted by molar-refractivity contribution is 9.11. The van der Waals surface area contributed by atoms with Crippen molar-refractivity contribution in [3.05, 3.63) is 44.6 Å². The first-order chi connectivity index (χ1) is 8.82. The molecular weight excluding hydrogens is 391 g/mol. The van der Waals surface area contributed by atoms with Crippen LogP contribution in [0.15, 0.2) is 33.3 Å². The minimum absolute atomic E-state index is 0.179. The number of nitriles is 1. The molecule has 0 spiro atoms. The van der Waals surface area contributed by atoms with Crippen molar-refractivity contribution in [1.82, 2.24) is 9.78 Å². The smallest absolute Gasteiger partial charge is 0.237 e. The maximum absolute atomic E-state index is 12.6. The van der Waals surface area contributed by atoms with Crippen molar-refractivity contribution in [1.29, 1.82) is 5.26 Å². The summed E-state index contributed by atoms with van der Waals surface area (Å²) in [6.45, 7) is 0. The van der Waals surface area contributed by atoms with Crippen molar-refractivity contribution in [2.75, 3.05) is 0 Å². The van der Waals surface area contributed by atoms with E-state index >= 15 is 0 Å². The number of benzene rings is 1. The molecule has 0 N–H and O–H groups in total. The summed E-state index contributed by atoms with van der Waals surface area (Å²) in [6, 6.07) is 5.25.